The minimum atomic E-state index is -0.663. The summed E-state index contributed by atoms with van der Waals surface area (Å²) in [4.78, 5) is 59.8. The molecule has 20 aromatic rings. The molecule has 0 unspecified atom stereocenters. The van der Waals surface area contributed by atoms with Gasteiger partial charge in [-0.2, -0.15) is 76.7 Å². The van der Waals surface area contributed by atoms with Crippen LogP contribution in [0.5, 0.6) is 0 Å². The molecule has 18 N–H and O–H groups in total. The maximum atomic E-state index is 14.0. The highest BCUT2D eigenvalue weighted by Gasteiger charge is 2.23. The van der Waals surface area contributed by atoms with Crippen molar-refractivity contribution in [2.24, 2.45) is 0 Å². The van der Waals surface area contributed by atoms with Gasteiger partial charge in [-0.05, 0) is 144 Å². The monoisotopic (exact) mass is 1740 g/mol. The fourth-order valence-corrected chi connectivity index (χ4v) is 14.0. The van der Waals surface area contributed by atoms with E-state index in [9.17, 15) is 14.0 Å². The molecule has 0 radical (unpaired) electrons. The number of hydrogen-bond donors (Lipinski definition) is 9. The van der Waals surface area contributed by atoms with Crippen LogP contribution in [0.1, 0.15) is 61.5 Å². The number of halogens is 2. The lowest BCUT2D eigenvalue weighted by Crippen LogP contribution is -2.08. The summed E-state index contributed by atoms with van der Waals surface area (Å²) in [5.74, 6) is -0.811. The zero-order valence-electron chi connectivity index (χ0n) is 69.5. The Labute approximate surface area is 746 Å². The van der Waals surface area contributed by atoms with E-state index >= 15 is 0 Å². The van der Waals surface area contributed by atoms with Gasteiger partial charge in [0.05, 0.1) is 148 Å². The summed E-state index contributed by atoms with van der Waals surface area (Å²) in [6, 6.07) is 63.2. The normalized spacial score (nSPS) is 10.8. The zero-order chi connectivity index (χ0) is 92.2. The van der Waals surface area contributed by atoms with Gasteiger partial charge in [-0.1, -0.05) is 72.8 Å². The summed E-state index contributed by atoms with van der Waals surface area (Å²) >= 11 is 0. The van der Waals surface area contributed by atoms with Crippen LogP contribution in [-0.4, -0.2) is 119 Å². The van der Waals surface area contributed by atoms with Crippen LogP contribution >= 0.6 is 0 Å². The number of nitrogens with two attached hydrogens (primary N) is 9. The molecule has 0 aliphatic rings. The largest absolute Gasteiger partial charge is 0.399 e. The van der Waals surface area contributed by atoms with E-state index in [1.807, 2.05) is 122 Å². The molecule has 0 amide bonds. The number of hydrogen-bond acceptors (Lipinski definition) is 33. The summed E-state index contributed by atoms with van der Waals surface area (Å²) < 4.78 is 36.4. The number of anilines is 9. The lowest BCUT2D eigenvalue weighted by molar-refractivity contribution is 0.536. The lowest BCUT2D eigenvalue weighted by Gasteiger charge is -2.10. The Kier molecular flexibility index (Phi) is 24.5. The molecule has 642 valence electrons. The van der Waals surface area contributed by atoms with Gasteiger partial charge in [-0.25, -0.2) is 67.1 Å². The number of benzene rings is 6. The first-order valence-electron chi connectivity index (χ1n) is 39.8. The highest BCUT2D eigenvalue weighted by Crippen LogP contribution is 2.35. The molecule has 0 bridgehead atoms. The van der Waals surface area contributed by atoms with Gasteiger partial charge in [0, 0.05) is 69.8 Å². The second-order valence-electron chi connectivity index (χ2n) is 29.3. The molecule has 40 heteroatoms. The first kappa shape index (κ1) is 85.7. The van der Waals surface area contributed by atoms with Crippen LogP contribution < -0.4 is 51.6 Å². The molecule has 0 spiro atoms. The van der Waals surface area contributed by atoms with E-state index in [1.54, 1.807) is 123 Å². The second-order valence-corrected chi connectivity index (χ2v) is 29.3. The molecule has 0 aliphatic carbocycles. The smallest absolute Gasteiger partial charge is 0.222 e. The first-order chi connectivity index (χ1) is 64.0. The van der Waals surface area contributed by atoms with Gasteiger partial charge in [0.25, 0.3) is 0 Å². The Morgan fingerprint density at radius 3 is 1.14 bits per heavy atom. The molecule has 20 rings (SSSR count). The van der Waals surface area contributed by atoms with E-state index in [0.29, 0.717) is 156 Å². The molecule has 14 aromatic heterocycles. The summed E-state index contributed by atoms with van der Waals surface area (Å²) in [7, 11) is 0. The molecular formula is C92H70F2N38. The minimum absolute atomic E-state index is 0.0000151. The Morgan fingerprint density at radius 1 is 0.311 bits per heavy atom. The molecule has 0 aliphatic heterocycles. The van der Waals surface area contributed by atoms with Gasteiger partial charge >= 0.3 is 0 Å². The van der Waals surface area contributed by atoms with Crippen LogP contribution in [0.4, 0.5) is 61.3 Å². The number of aromatic nitrogens is 24. The van der Waals surface area contributed by atoms with Crippen LogP contribution in [0.3, 0.4) is 0 Å². The highest BCUT2D eigenvalue weighted by molar-refractivity contribution is 5.95. The quantitative estimate of drug-likeness (QED) is 0.0430. The Morgan fingerprint density at radius 2 is 0.697 bits per heavy atom. The van der Waals surface area contributed by atoms with Crippen molar-refractivity contribution in [1.82, 2.24) is 119 Å². The summed E-state index contributed by atoms with van der Waals surface area (Å²) in [6.45, 7) is 3.76. The molecule has 0 fully saturated rings. The van der Waals surface area contributed by atoms with E-state index < -0.39 is 11.6 Å². The fourth-order valence-electron chi connectivity index (χ4n) is 14.0. The molecule has 0 saturated heterocycles. The van der Waals surface area contributed by atoms with Crippen molar-refractivity contribution in [3.8, 4) is 86.9 Å². The standard InChI is InChI=1S/C20H14F2N6.4C18H14N8/c1-11-12(8-23)4-2-5-13(11)18-14-9-25-28(19(14)27-20(24)26-18)10-15-16(21)6-3-7-17(15)22;19-6-12-5-13(8-22-7-12)16-15-9-23-26(17(15)25-18(21)24-16)10-11-1-3-14(20)4-2-11;19-8-14-7-12(5-6-22-14)16-15-9-23-26(17(15)25-18(21)24-16)10-11-1-3-13(20)4-2-11;19-8-12-5-6-22-15(7-12)16-14-9-23-26(17(14)25-18(21)24-16)10-11-1-3-13(20)4-2-11;19-8-13-2-1-3-15(23-13)16-14-9-22-26(17(14)25-18(21)24-16)10-11-4-6-12(20)7-5-11/h2-7,9H,10H2,1H3,(H2,24,26,27);1-5,7-9H,10,20H2,(H2,21,24,25);3*1-7,9H,10,20H2,(H2,21,24,25). The van der Waals surface area contributed by atoms with Crippen molar-refractivity contribution in [2.45, 2.75) is 39.6 Å². The van der Waals surface area contributed by atoms with Gasteiger partial charge in [0.1, 0.15) is 52.6 Å². The second kappa shape index (κ2) is 37.7. The first-order valence-corrected chi connectivity index (χ1v) is 39.8. The number of nitrogen functional groups attached to an aromatic ring is 9. The highest BCUT2D eigenvalue weighted by atomic mass is 19.1. The third kappa shape index (κ3) is 19.0. The zero-order valence-corrected chi connectivity index (χ0v) is 69.5. The topological polar surface area (TPSA) is 623 Å². The van der Waals surface area contributed by atoms with Gasteiger partial charge in [0.15, 0.2) is 28.2 Å². The molecule has 14 heterocycles. The Balaban J connectivity index is 0.000000120. The third-order valence-corrected chi connectivity index (χ3v) is 20.4. The van der Waals surface area contributed by atoms with E-state index in [1.165, 1.54) is 35.3 Å². The van der Waals surface area contributed by atoms with E-state index in [0.717, 1.165) is 60.5 Å². The molecular weight excluding hydrogens is 1680 g/mol. The summed E-state index contributed by atoms with van der Waals surface area (Å²) in [5.41, 5.74) is 71.0. The van der Waals surface area contributed by atoms with Crippen molar-refractivity contribution >= 4 is 108 Å². The average Bonchev–Trinajstić information content (AvgIpc) is 1.66. The number of nitrogens with zero attached hydrogens (tertiary/aromatic N) is 29. The Bertz CT molecular complexity index is 7230. The number of fused-ring (bicyclic) bond motifs is 5. The van der Waals surface area contributed by atoms with Crippen molar-refractivity contribution in [2.75, 3.05) is 51.6 Å². The fraction of sp³-hybridized carbons (Fsp3) is 0.0652. The van der Waals surface area contributed by atoms with Crippen LogP contribution in [0.2, 0.25) is 0 Å². The average molecular weight is 1750 g/mol. The molecule has 0 saturated carbocycles. The van der Waals surface area contributed by atoms with Crippen molar-refractivity contribution in [1.29, 1.82) is 26.3 Å². The molecule has 6 aromatic carbocycles. The predicted molar refractivity (Wildman–Crippen MR) is 491 cm³/mol. The van der Waals surface area contributed by atoms with Crippen LogP contribution in [0.15, 0.2) is 238 Å². The summed E-state index contributed by atoms with van der Waals surface area (Å²) in [6.07, 6.45) is 14.6. The number of nitriles is 5. The van der Waals surface area contributed by atoms with Crippen molar-refractivity contribution in [3.05, 3.63) is 311 Å². The van der Waals surface area contributed by atoms with E-state index in [4.69, 9.17) is 72.7 Å². The van der Waals surface area contributed by atoms with Crippen molar-refractivity contribution < 1.29 is 8.78 Å². The SMILES string of the molecule is Cc1c(C#N)cccc1-c1nc(N)nc2c1cnn2Cc1c(F)cccc1F.N#Cc1cc(-c2nc(N)nc3c2cnn3Cc2ccc(N)cc2)ccn1.N#Cc1cccc(-c2nc(N)nc3c2cnn3Cc2ccc(N)cc2)n1.N#Cc1ccnc(-c2nc(N)nc3c2cnn3Cc2ccc(N)cc2)c1.N#Cc1cncc(-c2nc(N)nc3c2cnn3Cc2ccc(N)cc2)c1. The van der Waals surface area contributed by atoms with Crippen LogP contribution in [-0.2, 0) is 32.7 Å². The predicted octanol–water partition coefficient (Wildman–Crippen LogP) is 11.5. The maximum Gasteiger partial charge on any atom is 0.222 e. The maximum absolute atomic E-state index is 14.0. The molecule has 38 nitrogen and oxygen atoms in total. The van der Waals surface area contributed by atoms with Gasteiger partial charge in [-0.15, -0.1) is 0 Å². The number of pyridine rings is 4. The molecule has 0 atom stereocenters. The minimum Gasteiger partial charge on any atom is -0.399 e. The van der Waals surface area contributed by atoms with E-state index in [-0.39, 0.29) is 41.8 Å². The van der Waals surface area contributed by atoms with Gasteiger partial charge < -0.3 is 51.6 Å². The van der Waals surface area contributed by atoms with Gasteiger partial charge in [-0.3, -0.25) is 9.97 Å². The van der Waals surface area contributed by atoms with Crippen LogP contribution in [0, 0.1) is 75.2 Å². The van der Waals surface area contributed by atoms with Gasteiger partial charge in [0.2, 0.25) is 29.7 Å². The van der Waals surface area contributed by atoms with Crippen LogP contribution in [0.25, 0.3) is 112 Å². The summed E-state index contributed by atoms with van der Waals surface area (Å²) in [5, 5.41) is 71.0. The molecule has 132 heavy (non-hydrogen) atoms. The van der Waals surface area contributed by atoms with E-state index in [2.05, 4.69) is 113 Å². The lowest BCUT2D eigenvalue weighted by atomic mass is 9.99. The third-order valence-electron chi connectivity index (χ3n) is 20.4. The Hall–Kier alpha value is -19.8. The van der Waals surface area contributed by atoms with Crippen molar-refractivity contribution in [3.63, 3.8) is 0 Å². The number of rotatable bonds is 15.